The van der Waals surface area contributed by atoms with E-state index in [1.807, 2.05) is 6.92 Å². The van der Waals surface area contributed by atoms with Crippen LogP contribution in [-0.2, 0) is 0 Å². The number of nitrogens with two attached hydrogens (primary N) is 1. The fourth-order valence-electron chi connectivity index (χ4n) is 1.16. The summed E-state index contributed by atoms with van der Waals surface area (Å²) in [7, 11) is 0. The average Bonchev–Trinajstić information content (AvgIpc) is 2.27. The van der Waals surface area contributed by atoms with Gasteiger partial charge in [-0.25, -0.2) is 0 Å². The number of halogens is 3. The van der Waals surface area contributed by atoms with Crippen LogP contribution in [0.5, 0.6) is 5.75 Å². The van der Waals surface area contributed by atoms with Crippen LogP contribution in [0.2, 0.25) is 0 Å². The lowest BCUT2D eigenvalue weighted by Gasteiger charge is -2.13. The smallest absolute Gasteiger partial charge is 0.422 e. The first-order valence-corrected chi connectivity index (χ1v) is 5.17. The maximum absolute atomic E-state index is 11.9. The summed E-state index contributed by atoms with van der Waals surface area (Å²) in [5, 5.41) is 3.09. The number of hydrogen-bond acceptors (Lipinski definition) is 3. The molecule has 17 heavy (non-hydrogen) atoms. The van der Waals surface area contributed by atoms with Crippen molar-refractivity contribution in [3.63, 3.8) is 0 Å². The molecule has 96 valence electrons. The van der Waals surface area contributed by atoms with Crippen molar-refractivity contribution in [1.29, 1.82) is 0 Å². The standard InChI is InChI=1S/C11H15F3N2O/c1-8(6-15)16-9-2-4-10(5-3-9)17-7-11(12,13)14/h2-5,8,16H,6-7,15H2,1H3. The highest BCUT2D eigenvalue weighted by atomic mass is 19.4. The predicted molar refractivity (Wildman–Crippen MR) is 60.1 cm³/mol. The van der Waals surface area contributed by atoms with Gasteiger partial charge >= 0.3 is 6.18 Å². The minimum Gasteiger partial charge on any atom is -0.484 e. The van der Waals surface area contributed by atoms with E-state index in [1.54, 1.807) is 12.1 Å². The Kier molecular flexibility index (Phi) is 4.62. The second-order valence-corrected chi connectivity index (χ2v) is 3.71. The van der Waals surface area contributed by atoms with Gasteiger partial charge in [-0.05, 0) is 31.2 Å². The Morgan fingerprint density at radius 1 is 1.29 bits per heavy atom. The Bertz CT molecular complexity index is 338. The molecule has 1 atom stereocenters. The van der Waals surface area contributed by atoms with Crippen molar-refractivity contribution in [2.45, 2.75) is 19.1 Å². The monoisotopic (exact) mass is 248 g/mol. The molecule has 0 bridgehead atoms. The Morgan fingerprint density at radius 3 is 2.35 bits per heavy atom. The van der Waals surface area contributed by atoms with E-state index in [4.69, 9.17) is 5.73 Å². The van der Waals surface area contributed by atoms with Gasteiger partial charge in [-0.3, -0.25) is 0 Å². The van der Waals surface area contributed by atoms with Crippen LogP contribution in [0.3, 0.4) is 0 Å². The highest BCUT2D eigenvalue weighted by molar-refractivity contribution is 5.47. The molecule has 0 aliphatic carbocycles. The van der Waals surface area contributed by atoms with Gasteiger partial charge in [0.1, 0.15) is 5.75 Å². The Morgan fingerprint density at radius 2 is 1.88 bits per heavy atom. The number of ether oxygens (including phenoxy) is 1. The number of rotatable bonds is 5. The first-order chi connectivity index (χ1) is 7.90. The highest BCUT2D eigenvalue weighted by Crippen LogP contribution is 2.20. The Labute approximate surface area is 97.8 Å². The van der Waals surface area contributed by atoms with Gasteiger partial charge < -0.3 is 15.8 Å². The molecule has 3 N–H and O–H groups in total. The van der Waals surface area contributed by atoms with Gasteiger partial charge in [-0.15, -0.1) is 0 Å². The Hall–Kier alpha value is -1.43. The van der Waals surface area contributed by atoms with Crippen molar-refractivity contribution >= 4 is 5.69 Å². The molecule has 0 saturated carbocycles. The molecule has 0 amide bonds. The molecule has 0 aliphatic rings. The van der Waals surface area contributed by atoms with Crippen molar-refractivity contribution in [1.82, 2.24) is 0 Å². The maximum atomic E-state index is 11.9. The van der Waals surface area contributed by atoms with Crippen LogP contribution in [0.25, 0.3) is 0 Å². The molecule has 3 nitrogen and oxygen atoms in total. The fraction of sp³-hybridized carbons (Fsp3) is 0.455. The number of alkyl halides is 3. The summed E-state index contributed by atoms with van der Waals surface area (Å²) < 4.78 is 40.2. The third-order valence-corrected chi connectivity index (χ3v) is 2.02. The molecular formula is C11H15F3N2O. The van der Waals surface area contributed by atoms with E-state index in [0.717, 1.165) is 5.69 Å². The molecule has 0 fully saturated rings. The summed E-state index contributed by atoms with van der Waals surface area (Å²) in [6.07, 6.45) is -4.31. The molecule has 1 aromatic rings. The summed E-state index contributed by atoms with van der Waals surface area (Å²) in [5.41, 5.74) is 6.23. The molecule has 0 spiro atoms. The molecule has 6 heteroatoms. The minimum absolute atomic E-state index is 0.108. The number of hydrogen-bond donors (Lipinski definition) is 2. The number of nitrogens with one attached hydrogen (secondary N) is 1. The van der Waals surface area contributed by atoms with E-state index >= 15 is 0 Å². The molecule has 0 saturated heterocycles. The zero-order chi connectivity index (χ0) is 12.9. The van der Waals surface area contributed by atoms with Crippen molar-refractivity contribution in [2.75, 3.05) is 18.5 Å². The van der Waals surface area contributed by atoms with E-state index in [0.29, 0.717) is 6.54 Å². The van der Waals surface area contributed by atoms with Crippen molar-refractivity contribution in [3.8, 4) is 5.75 Å². The normalized spacial score (nSPS) is 13.2. The molecule has 0 heterocycles. The van der Waals surface area contributed by atoms with Gasteiger partial charge in [0.25, 0.3) is 0 Å². The largest absolute Gasteiger partial charge is 0.484 e. The minimum atomic E-state index is -4.31. The topological polar surface area (TPSA) is 47.3 Å². The second kappa shape index (κ2) is 5.77. The van der Waals surface area contributed by atoms with Gasteiger partial charge in [0.15, 0.2) is 6.61 Å². The lowest BCUT2D eigenvalue weighted by atomic mass is 10.2. The van der Waals surface area contributed by atoms with Gasteiger partial charge in [0.2, 0.25) is 0 Å². The van der Waals surface area contributed by atoms with Gasteiger partial charge in [0.05, 0.1) is 0 Å². The summed E-state index contributed by atoms with van der Waals surface area (Å²) in [6.45, 7) is 1.11. The maximum Gasteiger partial charge on any atom is 0.422 e. The number of benzene rings is 1. The van der Waals surface area contributed by atoms with Gasteiger partial charge in [0, 0.05) is 18.3 Å². The summed E-state index contributed by atoms with van der Waals surface area (Å²) in [4.78, 5) is 0. The molecule has 1 aromatic carbocycles. The fourth-order valence-corrected chi connectivity index (χ4v) is 1.16. The lowest BCUT2D eigenvalue weighted by Crippen LogP contribution is -2.25. The highest BCUT2D eigenvalue weighted by Gasteiger charge is 2.28. The summed E-state index contributed by atoms with van der Waals surface area (Å²) >= 11 is 0. The van der Waals surface area contributed by atoms with E-state index in [2.05, 4.69) is 10.1 Å². The average molecular weight is 248 g/mol. The second-order valence-electron chi connectivity index (χ2n) is 3.71. The van der Waals surface area contributed by atoms with Crippen LogP contribution in [0.4, 0.5) is 18.9 Å². The lowest BCUT2D eigenvalue weighted by molar-refractivity contribution is -0.153. The van der Waals surface area contributed by atoms with Crippen LogP contribution >= 0.6 is 0 Å². The van der Waals surface area contributed by atoms with Crippen LogP contribution in [0.15, 0.2) is 24.3 Å². The van der Waals surface area contributed by atoms with E-state index in [-0.39, 0.29) is 11.8 Å². The Balaban J connectivity index is 2.50. The first kappa shape index (κ1) is 13.6. The SMILES string of the molecule is CC(CN)Nc1ccc(OCC(F)(F)F)cc1. The number of anilines is 1. The van der Waals surface area contributed by atoms with Crippen LogP contribution in [0, 0.1) is 0 Å². The third-order valence-electron chi connectivity index (χ3n) is 2.02. The van der Waals surface area contributed by atoms with Gasteiger partial charge in [-0.1, -0.05) is 0 Å². The zero-order valence-electron chi connectivity index (χ0n) is 9.42. The molecule has 0 radical (unpaired) electrons. The molecule has 0 aromatic heterocycles. The molecule has 1 unspecified atom stereocenters. The van der Waals surface area contributed by atoms with E-state index < -0.39 is 12.8 Å². The van der Waals surface area contributed by atoms with Crippen LogP contribution in [0.1, 0.15) is 6.92 Å². The molecule has 0 aliphatic heterocycles. The third kappa shape index (κ3) is 5.44. The first-order valence-electron chi connectivity index (χ1n) is 5.17. The summed E-state index contributed by atoms with van der Waals surface area (Å²) in [6, 6.07) is 6.38. The van der Waals surface area contributed by atoms with Gasteiger partial charge in [-0.2, -0.15) is 13.2 Å². The quantitative estimate of drug-likeness (QED) is 0.841. The zero-order valence-corrected chi connectivity index (χ0v) is 9.42. The van der Waals surface area contributed by atoms with E-state index in [9.17, 15) is 13.2 Å². The van der Waals surface area contributed by atoms with Crippen LogP contribution in [-0.4, -0.2) is 25.4 Å². The molecular weight excluding hydrogens is 233 g/mol. The van der Waals surface area contributed by atoms with Crippen molar-refractivity contribution in [3.05, 3.63) is 24.3 Å². The van der Waals surface area contributed by atoms with Crippen LogP contribution < -0.4 is 15.8 Å². The molecule has 1 rings (SSSR count). The van der Waals surface area contributed by atoms with E-state index in [1.165, 1.54) is 12.1 Å². The predicted octanol–water partition coefficient (Wildman–Crippen LogP) is 2.39. The van der Waals surface area contributed by atoms with Crippen molar-refractivity contribution < 1.29 is 17.9 Å². The summed E-state index contributed by atoms with van der Waals surface area (Å²) in [5.74, 6) is 0.188. The van der Waals surface area contributed by atoms with Crippen molar-refractivity contribution in [2.24, 2.45) is 5.73 Å².